The van der Waals surface area contributed by atoms with Gasteiger partial charge in [0.25, 0.3) is 0 Å². The van der Waals surface area contributed by atoms with E-state index >= 15 is 0 Å². The van der Waals surface area contributed by atoms with E-state index in [0.717, 1.165) is 17.7 Å². The average Bonchev–Trinajstić information content (AvgIpc) is 2.81. The highest BCUT2D eigenvalue weighted by molar-refractivity contribution is 5.97. The van der Waals surface area contributed by atoms with Gasteiger partial charge in [-0.25, -0.2) is 9.78 Å². The van der Waals surface area contributed by atoms with Crippen LogP contribution in [0.4, 0.5) is 0 Å². The van der Waals surface area contributed by atoms with Crippen LogP contribution in [-0.4, -0.2) is 17.6 Å². The molecule has 2 aromatic heterocycles. The van der Waals surface area contributed by atoms with E-state index in [-0.39, 0.29) is 5.97 Å². The van der Waals surface area contributed by atoms with Crippen molar-refractivity contribution in [1.29, 1.82) is 0 Å². The molecule has 0 unspecified atom stereocenters. The van der Waals surface area contributed by atoms with Gasteiger partial charge in [0.05, 0.1) is 18.4 Å². The number of hydrogen-bond acceptors (Lipinski definition) is 4. The molecule has 0 spiro atoms. The Morgan fingerprint density at radius 1 is 1.41 bits per heavy atom. The Hall–Kier alpha value is -2.10. The van der Waals surface area contributed by atoms with Crippen molar-refractivity contribution in [3.8, 4) is 11.5 Å². The summed E-state index contributed by atoms with van der Waals surface area (Å²) in [6, 6.07) is 5.51. The first-order chi connectivity index (χ1) is 8.25. The van der Waals surface area contributed by atoms with Crippen LogP contribution < -0.4 is 0 Å². The van der Waals surface area contributed by atoms with Crippen molar-refractivity contribution in [2.75, 3.05) is 6.61 Å². The summed E-state index contributed by atoms with van der Waals surface area (Å²) in [5.74, 6) is 0.286. The number of aromatic nitrogens is 1. The number of esters is 1. The minimum Gasteiger partial charge on any atom is -0.463 e. The van der Waals surface area contributed by atoms with Gasteiger partial charge < -0.3 is 9.15 Å². The minimum atomic E-state index is -0.315. The quantitative estimate of drug-likeness (QED) is 0.704. The number of hydrogen-bond donors (Lipinski definition) is 0. The molecule has 4 nitrogen and oxygen atoms in total. The van der Waals surface area contributed by atoms with Gasteiger partial charge in [-0.15, -0.1) is 0 Å². The molecule has 0 bridgehead atoms. The Labute approximate surface area is 98.2 Å². The van der Waals surface area contributed by atoms with E-state index in [9.17, 15) is 4.79 Å². The predicted molar refractivity (Wildman–Crippen MR) is 60.7 cm³/mol. The zero-order valence-electron chi connectivity index (χ0n) is 9.40. The molecule has 0 aromatic carbocycles. The third-order valence-corrected chi connectivity index (χ3v) is 2.79. The number of cyclic esters (lactones) is 1. The summed E-state index contributed by atoms with van der Waals surface area (Å²) >= 11 is 0. The van der Waals surface area contributed by atoms with Crippen LogP contribution in [0.2, 0.25) is 0 Å². The highest BCUT2D eigenvalue weighted by Crippen LogP contribution is 2.28. The molecule has 0 fully saturated rings. The molecule has 3 rings (SSSR count). The molecule has 0 N–H and O–H groups in total. The summed E-state index contributed by atoms with van der Waals surface area (Å²) in [5, 5.41) is 0. The van der Waals surface area contributed by atoms with Crippen LogP contribution in [0.25, 0.3) is 11.5 Å². The second kappa shape index (κ2) is 3.73. The third kappa shape index (κ3) is 1.62. The van der Waals surface area contributed by atoms with Gasteiger partial charge in [0.15, 0.2) is 5.76 Å². The Kier molecular flexibility index (Phi) is 2.21. The lowest BCUT2D eigenvalue weighted by Gasteiger charge is -2.18. The fourth-order valence-corrected chi connectivity index (χ4v) is 2.08. The van der Waals surface area contributed by atoms with E-state index in [2.05, 4.69) is 4.98 Å². The zero-order chi connectivity index (χ0) is 11.8. The van der Waals surface area contributed by atoms with Crippen LogP contribution in [0.3, 0.4) is 0 Å². The highest BCUT2D eigenvalue weighted by Gasteiger charge is 2.25. The van der Waals surface area contributed by atoms with Gasteiger partial charge in [-0.3, -0.25) is 0 Å². The molecule has 0 aliphatic carbocycles. The van der Waals surface area contributed by atoms with Crippen LogP contribution in [-0.2, 0) is 11.2 Å². The van der Waals surface area contributed by atoms with Crippen molar-refractivity contribution >= 4 is 5.97 Å². The summed E-state index contributed by atoms with van der Waals surface area (Å²) < 4.78 is 10.4. The van der Waals surface area contributed by atoms with Crippen LogP contribution in [0.5, 0.6) is 0 Å². The third-order valence-electron chi connectivity index (χ3n) is 2.79. The van der Waals surface area contributed by atoms with E-state index in [0.29, 0.717) is 23.6 Å². The lowest BCUT2D eigenvalue weighted by molar-refractivity contribution is 0.0480. The second-order valence-corrected chi connectivity index (χ2v) is 4.01. The van der Waals surface area contributed by atoms with Gasteiger partial charge in [0.2, 0.25) is 0 Å². The molecular weight excluding hydrogens is 218 g/mol. The molecule has 1 aliphatic heterocycles. The molecule has 2 aromatic rings. The maximum absolute atomic E-state index is 11.8. The largest absolute Gasteiger partial charge is 0.463 e. The number of fused-ring (bicyclic) bond motifs is 1. The first kappa shape index (κ1) is 10.1. The van der Waals surface area contributed by atoms with Crippen molar-refractivity contribution in [3.05, 3.63) is 41.3 Å². The number of rotatable bonds is 1. The van der Waals surface area contributed by atoms with Crippen molar-refractivity contribution in [2.45, 2.75) is 13.3 Å². The molecule has 0 radical (unpaired) electrons. The molecule has 0 amide bonds. The molecule has 0 saturated heterocycles. The Bertz CT molecular complexity index is 573. The topological polar surface area (TPSA) is 52.3 Å². The summed E-state index contributed by atoms with van der Waals surface area (Å²) in [6.45, 7) is 2.35. The van der Waals surface area contributed by atoms with Crippen molar-refractivity contribution in [1.82, 2.24) is 4.98 Å². The molecule has 4 heteroatoms. The smallest absolute Gasteiger partial charge is 0.340 e. The number of carbonyl (C=O) groups excluding carboxylic acids is 1. The van der Waals surface area contributed by atoms with Gasteiger partial charge in [-0.2, -0.15) is 0 Å². The van der Waals surface area contributed by atoms with E-state index in [1.807, 2.05) is 13.0 Å². The molecule has 86 valence electrons. The molecule has 17 heavy (non-hydrogen) atoms. The first-order valence-electron chi connectivity index (χ1n) is 5.47. The number of nitrogens with zero attached hydrogens (tertiary/aromatic N) is 1. The van der Waals surface area contributed by atoms with Crippen molar-refractivity contribution < 1.29 is 13.9 Å². The van der Waals surface area contributed by atoms with E-state index < -0.39 is 0 Å². The molecule has 0 saturated carbocycles. The molecular formula is C13H11NO3. The van der Waals surface area contributed by atoms with Crippen LogP contribution in [0.15, 0.2) is 28.9 Å². The number of ether oxygens (including phenoxy) is 1. The summed E-state index contributed by atoms with van der Waals surface area (Å²) in [7, 11) is 0. The minimum absolute atomic E-state index is 0.315. The fraction of sp³-hybridized carbons (Fsp3) is 0.231. The zero-order valence-corrected chi connectivity index (χ0v) is 9.40. The average molecular weight is 229 g/mol. The van der Waals surface area contributed by atoms with E-state index in [1.54, 1.807) is 18.4 Å². The number of carbonyl (C=O) groups is 1. The van der Waals surface area contributed by atoms with Gasteiger partial charge >= 0.3 is 5.97 Å². The maximum Gasteiger partial charge on any atom is 0.340 e. The molecule has 3 heterocycles. The Morgan fingerprint density at radius 2 is 2.29 bits per heavy atom. The summed E-state index contributed by atoms with van der Waals surface area (Å²) in [4.78, 5) is 16.2. The van der Waals surface area contributed by atoms with Crippen LogP contribution in [0.1, 0.15) is 21.6 Å². The molecule has 0 atom stereocenters. The van der Waals surface area contributed by atoms with Gasteiger partial charge in [-0.1, -0.05) is 0 Å². The van der Waals surface area contributed by atoms with Crippen molar-refractivity contribution in [3.63, 3.8) is 0 Å². The van der Waals surface area contributed by atoms with Crippen molar-refractivity contribution in [2.24, 2.45) is 0 Å². The van der Waals surface area contributed by atoms with Gasteiger partial charge in [-0.05, 0) is 30.7 Å². The Morgan fingerprint density at radius 3 is 3.06 bits per heavy atom. The van der Waals surface area contributed by atoms with Gasteiger partial charge in [0, 0.05) is 12.1 Å². The number of furan rings is 1. The van der Waals surface area contributed by atoms with Crippen LogP contribution >= 0.6 is 0 Å². The summed E-state index contributed by atoms with van der Waals surface area (Å²) in [6.07, 6.45) is 2.30. The summed E-state index contributed by atoms with van der Waals surface area (Å²) in [5.41, 5.74) is 2.98. The fourth-order valence-electron chi connectivity index (χ4n) is 2.08. The van der Waals surface area contributed by atoms with E-state index in [1.165, 1.54) is 0 Å². The standard InChI is InChI=1S/C13H11NO3/c1-8-7-9-4-6-17-13(15)11(9)12(14-8)10-3-2-5-16-10/h2-3,5,7H,4,6H2,1H3. The van der Waals surface area contributed by atoms with Gasteiger partial charge in [0.1, 0.15) is 5.69 Å². The lowest BCUT2D eigenvalue weighted by Crippen LogP contribution is -2.19. The normalized spacial score (nSPS) is 14.3. The first-order valence-corrected chi connectivity index (χ1v) is 5.47. The van der Waals surface area contributed by atoms with Crippen LogP contribution in [0, 0.1) is 6.92 Å². The second-order valence-electron chi connectivity index (χ2n) is 4.01. The lowest BCUT2D eigenvalue weighted by atomic mass is 9.99. The predicted octanol–water partition coefficient (Wildman–Crippen LogP) is 2.36. The maximum atomic E-state index is 11.8. The number of pyridine rings is 1. The SMILES string of the molecule is Cc1cc2c(c(-c3ccco3)n1)C(=O)OCC2. The molecule has 1 aliphatic rings. The van der Waals surface area contributed by atoms with E-state index in [4.69, 9.17) is 9.15 Å². The number of aryl methyl sites for hydroxylation is 1. The highest BCUT2D eigenvalue weighted by atomic mass is 16.5. The Balaban J connectivity index is 2.27. The monoisotopic (exact) mass is 229 g/mol.